The molecular formula is C8H11N5. The van der Waals surface area contributed by atoms with E-state index in [9.17, 15) is 0 Å². The number of hydrogen-bond acceptors (Lipinski definition) is 4. The van der Waals surface area contributed by atoms with E-state index >= 15 is 0 Å². The average Bonchev–Trinajstić information content (AvgIpc) is 2.48. The molecule has 2 aromatic heterocycles. The summed E-state index contributed by atoms with van der Waals surface area (Å²) < 4.78 is 1.76. The number of nitrogen functional groups attached to an aromatic ring is 1. The van der Waals surface area contributed by atoms with Gasteiger partial charge in [-0.2, -0.15) is 0 Å². The maximum Gasteiger partial charge on any atom is 0.180 e. The lowest BCUT2D eigenvalue weighted by Gasteiger charge is -2.03. The van der Waals surface area contributed by atoms with Crippen LogP contribution in [0.4, 0.5) is 5.69 Å². The molecule has 13 heavy (non-hydrogen) atoms. The molecule has 0 radical (unpaired) electrons. The molecule has 2 rings (SSSR count). The Morgan fingerprint density at radius 3 is 2.92 bits per heavy atom. The Kier molecular flexibility index (Phi) is 1.65. The zero-order valence-electron chi connectivity index (χ0n) is 7.60. The fourth-order valence-electron chi connectivity index (χ4n) is 1.21. The highest BCUT2D eigenvalue weighted by Gasteiger charge is 2.09. The van der Waals surface area contributed by atoms with E-state index < -0.39 is 0 Å². The number of fused-ring (bicyclic) bond motifs is 1. The maximum absolute atomic E-state index is 5.71. The molecular weight excluding hydrogens is 166 g/mol. The molecule has 0 bridgehead atoms. The average molecular weight is 177 g/mol. The Morgan fingerprint density at radius 2 is 2.23 bits per heavy atom. The second kappa shape index (κ2) is 2.69. The summed E-state index contributed by atoms with van der Waals surface area (Å²) in [6.45, 7) is 4.05. The quantitative estimate of drug-likeness (QED) is 0.705. The predicted octanol–water partition coefficient (Wildman–Crippen LogP) is 0.989. The molecule has 0 spiro atoms. The molecule has 5 heteroatoms. The summed E-state index contributed by atoms with van der Waals surface area (Å²) in [6.07, 6.45) is 1.67. The van der Waals surface area contributed by atoms with E-state index in [1.165, 1.54) is 0 Å². The Balaban J connectivity index is 2.75. The van der Waals surface area contributed by atoms with E-state index in [1.54, 1.807) is 16.9 Å². The number of nitrogens with zero attached hydrogens (tertiary/aromatic N) is 4. The second-order valence-corrected chi connectivity index (χ2v) is 3.20. The molecule has 0 fully saturated rings. The molecule has 0 amide bonds. The highest BCUT2D eigenvalue weighted by molar-refractivity contribution is 5.82. The lowest BCUT2D eigenvalue weighted by Crippen LogP contribution is -2.03. The van der Waals surface area contributed by atoms with Gasteiger partial charge in [0.25, 0.3) is 0 Å². The van der Waals surface area contributed by atoms with Crippen LogP contribution in [0, 0.1) is 0 Å². The summed E-state index contributed by atoms with van der Waals surface area (Å²) >= 11 is 0. The first kappa shape index (κ1) is 7.97. The third-order valence-electron chi connectivity index (χ3n) is 1.88. The molecule has 68 valence electrons. The van der Waals surface area contributed by atoms with Gasteiger partial charge in [0.05, 0.1) is 11.7 Å². The zero-order chi connectivity index (χ0) is 9.42. The van der Waals surface area contributed by atoms with Gasteiger partial charge in [-0.05, 0) is 19.9 Å². The molecule has 2 N–H and O–H groups in total. The number of hydrogen-bond donors (Lipinski definition) is 1. The van der Waals surface area contributed by atoms with Crippen LogP contribution in [-0.2, 0) is 0 Å². The first-order valence-corrected chi connectivity index (χ1v) is 4.15. The van der Waals surface area contributed by atoms with Gasteiger partial charge in [0.15, 0.2) is 11.2 Å². The largest absolute Gasteiger partial charge is 0.397 e. The van der Waals surface area contributed by atoms with Crippen LogP contribution in [0.3, 0.4) is 0 Å². The lowest BCUT2D eigenvalue weighted by molar-refractivity contribution is 0.526. The Bertz CT molecular complexity index is 431. The van der Waals surface area contributed by atoms with Gasteiger partial charge in [-0.3, -0.25) is 0 Å². The van der Waals surface area contributed by atoms with E-state index in [0.717, 1.165) is 5.65 Å². The van der Waals surface area contributed by atoms with Crippen molar-refractivity contribution in [2.75, 3.05) is 5.73 Å². The van der Waals surface area contributed by atoms with Crippen molar-refractivity contribution >= 4 is 16.9 Å². The van der Waals surface area contributed by atoms with Crippen molar-refractivity contribution in [1.29, 1.82) is 0 Å². The maximum atomic E-state index is 5.71. The molecule has 0 saturated heterocycles. The molecule has 2 aromatic rings. The summed E-state index contributed by atoms with van der Waals surface area (Å²) in [5.74, 6) is 0. The number of pyridine rings is 1. The summed E-state index contributed by atoms with van der Waals surface area (Å²) in [4.78, 5) is 4.18. The van der Waals surface area contributed by atoms with Gasteiger partial charge in [0.1, 0.15) is 0 Å². The summed E-state index contributed by atoms with van der Waals surface area (Å²) in [5, 5.41) is 7.94. The minimum absolute atomic E-state index is 0.249. The van der Waals surface area contributed by atoms with Crippen molar-refractivity contribution in [3.8, 4) is 0 Å². The Labute approximate surface area is 75.6 Å². The van der Waals surface area contributed by atoms with Gasteiger partial charge >= 0.3 is 0 Å². The van der Waals surface area contributed by atoms with Crippen molar-refractivity contribution in [1.82, 2.24) is 20.0 Å². The highest BCUT2D eigenvalue weighted by atomic mass is 15.4. The molecule has 0 aromatic carbocycles. The second-order valence-electron chi connectivity index (χ2n) is 3.20. The van der Waals surface area contributed by atoms with Gasteiger partial charge in [-0.25, -0.2) is 9.67 Å². The van der Waals surface area contributed by atoms with E-state index in [2.05, 4.69) is 15.3 Å². The van der Waals surface area contributed by atoms with Crippen LogP contribution >= 0.6 is 0 Å². The molecule has 0 unspecified atom stereocenters. The first-order valence-electron chi connectivity index (χ1n) is 4.15. The van der Waals surface area contributed by atoms with Gasteiger partial charge in [-0.1, -0.05) is 5.21 Å². The van der Waals surface area contributed by atoms with Crippen molar-refractivity contribution in [3.63, 3.8) is 0 Å². The van der Waals surface area contributed by atoms with E-state index in [1.807, 2.05) is 13.8 Å². The van der Waals surface area contributed by atoms with Crippen molar-refractivity contribution < 1.29 is 0 Å². The molecule has 0 aliphatic heterocycles. The number of nitrogens with two attached hydrogens (primary N) is 1. The third kappa shape index (κ3) is 1.12. The van der Waals surface area contributed by atoms with Crippen LogP contribution in [0.5, 0.6) is 0 Å². The standard InChI is InChI=1S/C8H11N5/c1-5(2)13-8-7(11-12-13)6(9)3-4-10-8/h3-5H,1-2H3,(H2,9,10). The SMILES string of the molecule is CC(C)n1nnc2c(N)ccnc21. The van der Waals surface area contributed by atoms with E-state index in [4.69, 9.17) is 5.73 Å². The van der Waals surface area contributed by atoms with Crippen molar-refractivity contribution in [3.05, 3.63) is 12.3 Å². The summed E-state index contributed by atoms with van der Waals surface area (Å²) in [7, 11) is 0. The van der Waals surface area contributed by atoms with Crippen molar-refractivity contribution in [2.45, 2.75) is 19.9 Å². The lowest BCUT2D eigenvalue weighted by atomic mass is 10.3. The Morgan fingerprint density at radius 1 is 1.46 bits per heavy atom. The molecule has 0 aliphatic carbocycles. The van der Waals surface area contributed by atoms with Gasteiger partial charge in [0, 0.05) is 6.20 Å². The molecule has 0 aliphatic rings. The van der Waals surface area contributed by atoms with Crippen LogP contribution < -0.4 is 5.73 Å². The third-order valence-corrected chi connectivity index (χ3v) is 1.88. The van der Waals surface area contributed by atoms with Crippen LogP contribution in [0.15, 0.2) is 12.3 Å². The topological polar surface area (TPSA) is 69.6 Å². The van der Waals surface area contributed by atoms with E-state index in [0.29, 0.717) is 11.2 Å². The number of rotatable bonds is 1. The fraction of sp³-hybridized carbons (Fsp3) is 0.375. The zero-order valence-corrected chi connectivity index (χ0v) is 7.60. The van der Waals surface area contributed by atoms with Crippen LogP contribution in [0.2, 0.25) is 0 Å². The summed E-state index contributed by atoms with van der Waals surface area (Å²) in [6, 6.07) is 1.97. The molecule has 2 heterocycles. The monoisotopic (exact) mass is 177 g/mol. The fourth-order valence-corrected chi connectivity index (χ4v) is 1.21. The van der Waals surface area contributed by atoms with Crippen LogP contribution in [-0.4, -0.2) is 20.0 Å². The minimum atomic E-state index is 0.249. The smallest absolute Gasteiger partial charge is 0.180 e. The van der Waals surface area contributed by atoms with Crippen molar-refractivity contribution in [2.24, 2.45) is 0 Å². The van der Waals surface area contributed by atoms with Gasteiger partial charge in [-0.15, -0.1) is 5.10 Å². The Hall–Kier alpha value is -1.65. The number of anilines is 1. The minimum Gasteiger partial charge on any atom is -0.397 e. The summed E-state index contributed by atoms with van der Waals surface area (Å²) in [5.41, 5.74) is 7.76. The van der Waals surface area contributed by atoms with Crippen LogP contribution in [0.1, 0.15) is 19.9 Å². The molecule has 0 saturated carbocycles. The predicted molar refractivity (Wildman–Crippen MR) is 50.1 cm³/mol. The van der Waals surface area contributed by atoms with Crippen LogP contribution in [0.25, 0.3) is 11.2 Å². The highest BCUT2D eigenvalue weighted by Crippen LogP contribution is 2.17. The normalized spacial score (nSPS) is 11.3. The molecule has 0 atom stereocenters. The van der Waals surface area contributed by atoms with Gasteiger partial charge in [0.2, 0.25) is 0 Å². The van der Waals surface area contributed by atoms with Gasteiger partial charge < -0.3 is 5.73 Å². The first-order chi connectivity index (χ1) is 6.20. The number of aromatic nitrogens is 4. The molecule has 5 nitrogen and oxygen atoms in total. The van der Waals surface area contributed by atoms with E-state index in [-0.39, 0.29) is 6.04 Å².